The molecule has 7 heteroatoms. The Morgan fingerprint density at radius 1 is 1.25 bits per heavy atom. The highest BCUT2D eigenvalue weighted by Gasteiger charge is 2.26. The third kappa shape index (κ3) is 3.29. The van der Waals surface area contributed by atoms with Gasteiger partial charge in [-0.1, -0.05) is 0 Å². The quantitative estimate of drug-likeness (QED) is 0.883. The number of ether oxygens (including phenoxy) is 1. The predicted octanol–water partition coefficient (Wildman–Crippen LogP) is 0.596. The summed E-state index contributed by atoms with van der Waals surface area (Å²) < 4.78 is 31.5. The molecular formula is C13H18N2O4S. The lowest BCUT2D eigenvalue weighted by Crippen LogP contribution is -2.34. The van der Waals surface area contributed by atoms with E-state index < -0.39 is 10.0 Å². The van der Waals surface area contributed by atoms with Crippen molar-refractivity contribution in [1.82, 2.24) is 9.62 Å². The number of carbonyl (C=O) groups excluding carboxylic acids is 1. The molecule has 1 aliphatic rings. The minimum Gasteiger partial charge on any atom is -0.494 e. The van der Waals surface area contributed by atoms with Gasteiger partial charge < -0.3 is 10.1 Å². The van der Waals surface area contributed by atoms with Crippen LogP contribution < -0.4 is 10.1 Å². The summed E-state index contributed by atoms with van der Waals surface area (Å²) in [6, 6.07) is 6.33. The van der Waals surface area contributed by atoms with Gasteiger partial charge in [0.25, 0.3) is 0 Å². The average Bonchev–Trinajstić information content (AvgIpc) is 2.65. The second-order valence-electron chi connectivity index (χ2n) is 4.41. The van der Waals surface area contributed by atoms with Crippen LogP contribution in [0.15, 0.2) is 29.2 Å². The summed E-state index contributed by atoms with van der Waals surface area (Å²) >= 11 is 0. The SMILES string of the molecule is CCOc1ccc(S(=O)(=O)N2CCNC(=O)CC2)cc1. The smallest absolute Gasteiger partial charge is 0.243 e. The third-order valence-electron chi connectivity index (χ3n) is 3.04. The third-order valence-corrected chi connectivity index (χ3v) is 4.96. The van der Waals surface area contributed by atoms with E-state index in [-0.39, 0.29) is 23.8 Å². The lowest BCUT2D eigenvalue weighted by atomic mass is 10.3. The number of nitrogens with zero attached hydrogens (tertiary/aromatic N) is 1. The number of sulfonamides is 1. The van der Waals surface area contributed by atoms with Crippen molar-refractivity contribution in [2.75, 3.05) is 26.2 Å². The van der Waals surface area contributed by atoms with Crippen LogP contribution in [0, 0.1) is 0 Å². The Balaban J connectivity index is 2.18. The van der Waals surface area contributed by atoms with E-state index >= 15 is 0 Å². The lowest BCUT2D eigenvalue weighted by Gasteiger charge is -2.19. The van der Waals surface area contributed by atoms with Crippen LogP contribution in [0.25, 0.3) is 0 Å². The Labute approximate surface area is 118 Å². The number of nitrogens with one attached hydrogen (secondary N) is 1. The van der Waals surface area contributed by atoms with Crippen LogP contribution in [0.1, 0.15) is 13.3 Å². The number of rotatable bonds is 4. The molecule has 0 atom stereocenters. The topological polar surface area (TPSA) is 75.7 Å². The number of hydrogen-bond donors (Lipinski definition) is 1. The summed E-state index contributed by atoms with van der Waals surface area (Å²) in [5.41, 5.74) is 0. The van der Waals surface area contributed by atoms with E-state index in [4.69, 9.17) is 4.74 Å². The highest BCUT2D eigenvalue weighted by atomic mass is 32.2. The average molecular weight is 298 g/mol. The first-order chi connectivity index (χ1) is 9.54. The van der Waals surface area contributed by atoms with E-state index in [0.29, 0.717) is 25.4 Å². The van der Waals surface area contributed by atoms with Gasteiger partial charge in [0.2, 0.25) is 15.9 Å². The summed E-state index contributed by atoms with van der Waals surface area (Å²) in [5, 5.41) is 2.66. The Bertz CT molecular complexity index is 569. The van der Waals surface area contributed by atoms with Crippen molar-refractivity contribution in [1.29, 1.82) is 0 Å². The zero-order valence-electron chi connectivity index (χ0n) is 11.3. The van der Waals surface area contributed by atoms with Crippen LogP contribution in [0.4, 0.5) is 0 Å². The van der Waals surface area contributed by atoms with Gasteiger partial charge in [-0.05, 0) is 31.2 Å². The van der Waals surface area contributed by atoms with Gasteiger partial charge >= 0.3 is 0 Å². The van der Waals surface area contributed by atoms with Gasteiger partial charge in [-0.2, -0.15) is 4.31 Å². The van der Waals surface area contributed by atoms with Crippen LogP contribution in [0.2, 0.25) is 0 Å². The fraction of sp³-hybridized carbons (Fsp3) is 0.462. The molecule has 0 spiro atoms. The van der Waals surface area contributed by atoms with Gasteiger partial charge in [0.1, 0.15) is 5.75 Å². The van der Waals surface area contributed by atoms with Crippen LogP contribution >= 0.6 is 0 Å². The standard InChI is InChI=1S/C13H18N2O4S/c1-2-19-11-3-5-12(6-4-11)20(17,18)15-9-7-13(16)14-8-10-15/h3-6H,2,7-10H2,1H3,(H,14,16). The number of carbonyl (C=O) groups is 1. The molecule has 1 amide bonds. The molecule has 1 heterocycles. The minimum absolute atomic E-state index is 0.116. The predicted molar refractivity (Wildman–Crippen MR) is 74.0 cm³/mol. The minimum atomic E-state index is -3.55. The van der Waals surface area contributed by atoms with E-state index in [1.54, 1.807) is 12.1 Å². The van der Waals surface area contributed by atoms with Crippen molar-refractivity contribution in [3.63, 3.8) is 0 Å². The van der Waals surface area contributed by atoms with Crippen LogP contribution in [-0.2, 0) is 14.8 Å². The van der Waals surface area contributed by atoms with Crippen molar-refractivity contribution >= 4 is 15.9 Å². The van der Waals surface area contributed by atoms with Crippen LogP contribution in [0.3, 0.4) is 0 Å². The van der Waals surface area contributed by atoms with Crippen molar-refractivity contribution < 1.29 is 17.9 Å². The maximum absolute atomic E-state index is 12.5. The van der Waals surface area contributed by atoms with E-state index in [2.05, 4.69) is 5.32 Å². The van der Waals surface area contributed by atoms with Gasteiger partial charge in [0.15, 0.2) is 0 Å². The second-order valence-corrected chi connectivity index (χ2v) is 6.35. The highest BCUT2D eigenvalue weighted by Crippen LogP contribution is 2.20. The van der Waals surface area contributed by atoms with E-state index in [1.807, 2.05) is 6.92 Å². The molecular weight excluding hydrogens is 280 g/mol. The molecule has 1 fully saturated rings. The summed E-state index contributed by atoms with van der Waals surface area (Å²) in [7, 11) is -3.55. The molecule has 0 unspecified atom stereocenters. The first kappa shape index (κ1) is 14.8. The van der Waals surface area contributed by atoms with Crippen molar-refractivity contribution in [3.8, 4) is 5.75 Å². The molecule has 0 bridgehead atoms. The zero-order chi connectivity index (χ0) is 14.6. The van der Waals surface area contributed by atoms with Crippen LogP contribution in [-0.4, -0.2) is 44.9 Å². The second kappa shape index (κ2) is 6.23. The number of amides is 1. The molecule has 110 valence electrons. The molecule has 6 nitrogen and oxygen atoms in total. The van der Waals surface area contributed by atoms with Gasteiger partial charge in [0, 0.05) is 26.1 Å². The van der Waals surface area contributed by atoms with Crippen LogP contribution in [0.5, 0.6) is 5.75 Å². The lowest BCUT2D eigenvalue weighted by molar-refractivity contribution is -0.120. The van der Waals surface area contributed by atoms with Gasteiger partial charge in [-0.25, -0.2) is 8.42 Å². The molecule has 20 heavy (non-hydrogen) atoms. The van der Waals surface area contributed by atoms with E-state index in [9.17, 15) is 13.2 Å². The molecule has 2 rings (SSSR count). The molecule has 1 N–H and O–H groups in total. The summed E-state index contributed by atoms with van der Waals surface area (Å²) in [6.07, 6.45) is 0.191. The Morgan fingerprint density at radius 2 is 1.95 bits per heavy atom. The fourth-order valence-corrected chi connectivity index (χ4v) is 3.45. The van der Waals surface area contributed by atoms with Gasteiger partial charge in [-0.15, -0.1) is 0 Å². The molecule has 1 aromatic rings. The van der Waals surface area contributed by atoms with Gasteiger partial charge in [-0.3, -0.25) is 4.79 Å². The monoisotopic (exact) mass is 298 g/mol. The highest BCUT2D eigenvalue weighted by molar-refractivity contribution is 7.89. The molecule has 0 aliphatic carbocycles. The van der Waals surface area contributed by atoms with Gasteiger partial charge in [0.05, 0.1) is 11.5 Å². The molecule has 0 radical (unpaired) electrons. The maximum Gasteiger partial charge on any atom is 0.243 e. The largest absolute Gasteiger partial charge is 0.494 e. The number of hydrogen-bond acceptors (Lipinski definition) is 4. The Kier molecular flexibility index (Phi) is 4.61. The summed E-state index contributed by atoms with van der Waals surface area (Å²) in [5.74, 6) is 0.522. The molecule has 0 aromatic heterocycles. The van der Waals surface area contributed by atoms with Crippen molar-refractivity contribution in [2.24, 2.45) is 0 Å². The summed E-state index contributed by atoms with van der Waals surface area (Å²) in [4.78, 5) is 11.5. The first-order valence-corrected chi connectivity index (χ1v) is 7.98. The van der Waals surface area contributed by atoms with E-state index in [0.717, 1.165) is 0 Å². The molecule has 1 aliphatic heterocycles. The van der Waals surface area contributed by atoms with E-state index in [1.165, 1.54) is 16.4 Å². The zero-order valence-corrected chi connectivity index (χ0v) is 12.1. The Hall–Kier alpha value is -1.60. The molecule has 0 saturated carbocycles. The molecule has 1 aromatic carbocycles. The first-order valence-electron chi connectivity index (χ1n) is 6.53. The maximum atomic E-state index is 12.5. The normalized spacial score (nSPS) is 17.4. The van der Waals surface area contributed by atoms with Crippen molar-refractivity contribution in [2.45, 2.75) is 18.2 Å². The van der Waals surface area contributed by atoms with Crippen molar-refractivity contribution in [3.05, 3.63) is 24.3 Å². The Morgan fingerprint density at radius 3 is 2.60 bits per heavy atom. The molecule has 1 saturated heterocycles. The number of benzene rings is 1. The summed E-state index contributed by atoms with van der Waals surface area (Å²) in [6.45, 7) is 3.25. The fourth-order valence-electron chi connectivity index (χ4n) is 2.01.